The van der Waals surface area contributed by atoms with E-state index in [-0.39, 0.29) is 42.9 Å². The zero-order valence-corrected chi connectivity index (χ0v) is 21.3. The van der Waals surface area contributed by atoms with Gasteiger partial charge in [-0.25, -0.2) is 4.98 Å². The standard InChI is InChI=1S/C27H31N5O5/c1-27(2,3)26(36)31-20-9-5-19(6-10-20)25(35)29-14-13-28-23(33)16-32-17-30-22(15-24(32)34)18-7-11-21(37-4)12-8-18/h5-12,15,17H,13-14,16H2,1-4H3,(H,28,33)(H,29,35)(H,31,36). The fourth-order valence-electron chi connectivity index (χ4n) is 3.18. The number of nitrogens with one attached hydrogen (secondary N) is 3. The van der Waals surface area contributed by atoms with E-state index in [1.165, 1.54) is 17.0 Å². The lowest BCUT2D eigenvalue weighted by molar-refractivity contribution is -0.123. The van der Waals surface area contributed by atoms with Gasteiger partial charge in [-0.1, -0.05) is 20.8 Å². The maximum atomic E-state index is 12.4. The third kappa shape index (κ3) is 7.76. The molecule has 0 fully saturated rings. The molecular formula is C27H31N5O5. The van der Waals surface area contributed by atoms with Crippen molar-refractivity contribution in [1.82, 2.24) is 20.2 Å². The third-order valence-electron chi connectivity index (χ3n) is 5.40. The molecule has 194 valence electrons. The van der Waals surface area contributed by atoms with E-state index in [9.17, 15) is 19.2 Å². The molecule has 0 atom stereocenters. The number of methoxy groups -OCH3 is 1. The van der Waals surface area contributed by atoms with Crippen LogP contribution in [0.3, 0.4) is 0 Å². The van der Waals surface area contributed by atoms with E-state index in [0.717, 1.165) is 5.56 Å². The van der Waals surface area contributed by atoms with Crippen molar-refractivity contribution in [2.75, 3.05) is 25.5 Å². The van der Waals surface area contributed by atoms with Crippen LogP contribution in [0.5, 0.6) is 5.75 Å². The number of hydrogen-bond acceptors (Lipinski definition) is 6. The topological polar surface area (TPSA) is 131 Å². The van der Waals surface area contributed by atoms with Crippen molar-refractivity contribution in [3.8, 4) is 17.0 Å². The number of carbonyl (C=O) groups is 3. The second-order valence-electron chi connectivity index (χ2n) is 9.36. The number of anilines is 1. The first-order valence-electron chi connectivity index (χ1n) is 11.7. The zero-order chi connectivity index (χ0) is 27.0. The van der Waals surface area contributed by atoms with Crippen molar-refractivity contribution in [1.29, 1.82) is 0 Å². The SMILES string of the molecule is COc1ccc(-c2cc(=O)n(CC(=O)NCCNC(=O)c3ccc(NC(=O)C(C)(C)C)cc3)cn2)cc1. The monoisotopic (exact) mass is 505 g/mol. The second kappa shape index (κ2) is 12.0. The third-order valence-corrected chi connectivity index (χ3v) is 5.40. The van der Waals surface area contributed by atoms with E-state index in [4.69, 9.17) is 4.74 Å². The molecule has 0 radical (unpaired) electrons. The molecule has 3 rings (SSSR count). The Kier molecular flexibility index (Phi) is 8.78. The molecule has 0 bridgehead atoms. The fourth-order valence-corrected chi connectivity index (χ4v) is 3.18. The molecule has 3 aromatic rings. The molecule has 0 aliphatic heterocycles. The molecule has 10 heteroatoms. The smallest absolute Gasteiger partial charge is 0.254 e. The van der Waals surface area contributed by atoms with Crippen LogP contribution in [0.25, 0.3) is 11.3 Å². The lowest BCUT2D eigenvalue weighted by Gasteiger charge is -2.17. The van der Waals surface area contributed by atoms with Gasteiger partial charge in [-0.05, 0) is 48.5 Å². The quantitative estimate of drug-likeness (QED) is 0.383. The second-order valence-corrected chi connectivity index (χ2v) is 9.36. The molecule has 3 amide bonds. The highest BCUT2D eigenvalue weighted by Crippen LogP contribution is 2.19. The highest BCUT2D eigenvalue weighted by molar-refractivity contribution is 5.97. The Morgan fingerprint density at radius 1 is 0.946 bits per heavy atom. The van der Waals surface area contributed by atoms with E-state index >= 15 is 0 Å². The average molecular weight is 506 g/mol. The minimum absolute atomic E-state index is 0.119. The van der Waals surface area contributed by atoms with Crippen LogP contribution in [-0.4, -0.2) is 47.5 Å². The normalized spacial score (nSPS) is 10.9. The summed E-state index contributed by atoms with van der Waals surface area (Å²) in [6, 6.07) is 15.1. The molecule has 37 heavy (non-hydrogen) atoms. The van der Waals surface area contributed by atoms with E-state index in [0.29, 0.717) is 22.7 Å². The van der Waals surface area contributed by atoms with Gasteiger partial charge < -0.3 is 20.7 Å². The molecular weight excluding hydrogens is 474 g/mol. The number of ether oxygens (including phenoxy) is 1. The van der Waals surface area contributed by atoms with Crippen LogP contribution in [0.4, 0.5) is 5.69 Å². The summed E-state index contributed by atoms with van der Waals surface area (Å²) in [6.07, 6.45) is 1.33. The summed E-state index contributed by atoms with van der Waals surface area (Å²) in [4.78, 5) is 53.3. The first kappa shape index (κ1) is 27.1. The summed E-state index contributed by atoms with van der Waals surface area (Å²) in [5.74, 6) is -0.108. The lowest BCUT2D eigenvalue weighted by Crippen LogP contribution is -2.37. The lowest BCUT2D eigenvalue weighted by atomic mass is 9.95. The Morgan fingerprint density at radius 2 is 1.59 bits per heavy atom. The van der Waals surface area contributed by atoms with Crippen LogP contribution >= 0.6 is 0 Å². The largest absolute Gasteiger partial charge is 0.497 e. The van der Waals surface area contributed by atoms with Crippen molar-refractivity contribution in [2.24, 2.45) is 5.41 Å². The first-order valence-corrected chi connectivity index (χ1v) is 11.7. The van der Waals surface area contributed by atoms with Crippen LogP contribution in [0.15, 0.2) is 65.7 Å². The summed E-state index contributed by atoms with van der Waals surface area (Å²) in [6.45, 7) is 5.66. The number of benzene rings is 2. The summed E-state index contributed by atoms with van der Waals surface area (Å²) in [5, 5.41) is 8.18. The van der Waals surface area contributed by atoms with Crippen molar-refractivity contribution in [2.45, 2.75) is 27.3 Å². The number of hydrogen-bond donors (Lipinski definition) is 3. The predicted molar refractivity (Wildman–Crippen MR) is 140 cm³/mol. The Balaban J connectivity index is 1.44. The highest BCUT2D eigenvalue weighted by atomic mass is 16.5. The van der Waals surface area contributed by atoms with E-state index < -0.39 is 5.41 Å². The molecule has 1 heterocycles. The summed E-state index contributed by atoms with van der Waals surface area (Å²) < 4.78 is 6.34. The molecule has 1 aromatic heterocycles. The number of amides is 3. The first-order chi connectivity index (χ1) is 17.6. The maximum absolute atomic E-state index is 12.4. The van der Waals surface area contributed by atoms with E-state index in [2.05, 4.69) is 20.9 Å². The van der Waals surface area contributed by atoms with Crippen LogP contribution in [-0.2, 0) is 16.1 Å². The van der Waals surface area contributed by atoms with Gasteiger partial charge in [0.25, 0.3) is 11.5 Å². The Bertz CT molecular complexity index is 1310. The number of rotatable bonds is 9. The van der Waals surface area contributed by atoms with Gasteiger partial charge in [-0.2, -0.15) is 0 Å². The average Bonchev–Trinajstić information content (AvgIpc) is 2.87. The van der Waals surface area contributed by atoms with Crippen molar-refractivity contribution < 1.29 is 19.1 Å². The van der Waals surface area contributed by atoms with Crippen LogP contribution in [0, 0.1) is 5.41 Å². The Labute approximate surface area is 215 Å². The molecule has 0 spiro atoms. The van der Waals surface area contributed by atoms with Crippen LogP contribution in [0.2, 0.25) is 0 Å². The zero-order valence-electron chi connectivity index (χ0n) is 21.3. The Hall–Kier alpha value is -4.47. The van der Waals surface area contributed by atoms with Gasteiger partial charge >= 0.3 is 0 Å². The minimum Gasteiger partial charge on any atom is -0.497 e. The van der Waals surface area contributed by atoms with E-state index in [1.807, 2.05) is 20.8 Å². The van der Waals surface area contributed by atoms with Gasteiger partial charge in [0, 0.05) is 41.4 Å². The summed E-state index contributed by atoms with van der Waals surface area (Å²) in [7, 11) is 1.57. The molecule has 3 N–H and O–H groups in total. The maximum Gasteiger partial charge on any atom is 0.254 e. The fraction of sp³-hybridized carbons (Fsp3) is 0.296. The predicted octanol–water partition coefficient (Wildman–Crippen LogP) is 2.45. The van der Waals surface area contributed by atoms with Crippen LogP contribution < -0.4 is 26.2 Å². The summed E-state index contributed by atoms with van der Waals surface area (Å²) in [5.41, 5.74) is 1.41. The van der Waals surface area contributed by atoms with Gasteiger partial charge in [0.1, 0.15) is 12.3 Å². The number of aromatic nitrogens is 2. The molecule has 0 unspecified atom stereocenters. The van der Waals surface area contributed by atoms with Crippen molar-refractivity contribution >= 4 is 23.4 Å². The molecule has 0 saturated carbocycles. The molecule has 0 aliphatic carbocycles. The molecule has 2 aromatic carbocycles. The van der Waals surface area contributed by atoms with E-state index in [1.54, 1.807) is 55.6 Å². The minimum atomic E-state index is -0.522. The number of carbonyl (C=O) groups excluding carboxylic acids is 3. The van der Waals surface area contributed by atoms with Crippen molar-refractivity contribution in [3.05, 3.63) is 76.8 Å². The van der Waals surface area contributed by atoms with Crippen LogP contribution in [0.1, 0.15) is 31.1 Å². The molecule has 0 aliphatic rings. The van der Waals surface area contributed by atoms with Gasteiger partial charge in [0.2, 0.25) is 11.8 Å². The molecule has 10 nitrogen and oxygen atoms in total. The highest BCUT2D eigenvalue weighted by Gasteiger charge is 2.21. The summed E-state index contributed by atoms with van der Waals surface area (Å²) >= 11 is 0. The van der Waals surface area contributed by atoms with Gasteiger partial charge in [0.05, 0.1) is 19.1 Å². The van der Waals surface area contributed by atoms with Gasteiger partial charge in [0.15, 0.2) is 0 Å². The van der Waals surface area contributed by atoms with Gasteiger partial charge in [-0.15, -0.1) is 0 Å². The van der Waals surface area contributed by atoms with Crippen molar-refractivity contribution in [3.63, 3.8) is 0 Å². The Morgan fingerprint density at radius 3 is 2.19 bits per heavy atom. The molecule has 0 saturated heterocycles. The van der Waals surface area contributed by atoms with Gasteiger partial charge in [-0.3, -0.25) is 23.7 Å². The number of nitrogens with zero attached hydrogens (tertiary/aromatic N) is 2.